The van der Waals surface area contributed by atoms with Gasteiger partial charge in [-0.15, -0.1) is 0 Å². The van der Waals surface area contributed by atoms with Gasteiger partial charge in [0.15, 0.2) is 0 Å². The highest BCUT2D eigenvalue weighted by Crippen LogP contribution is 2.29. The number of nitrogens with zero attached hydrogens (tertiary/aromatic N) is 2. The molecule has 6 heteroatoms. The zero-order valence-corrected chi connectivity index (χ0v) is 11.5. The number of hydrogen-bond acceptors (Lipinski definition) is 3. The van der Waals surface area contributed by atoms with Gasteiger partial charge in [0.25, 0.3) is 0 Å². The van der Waals surface area contributed by atoms with Crippen molar-refractivity contribution in [3.8, 4) is 0 Å². The van der Waals surface area contributed by atoms with Crippen LogP contribution in [0, 0.1) is 5.92 Å². The van der Waals surface area contributed by atoms with Crippen LogP contribution in [0.4, 0.5) is 4.79 Å². The Morgan fingerprint density at radius 3 is 2.42 bits per heavy atom. The third-order valence-corrected chi connectivity index (χ3v) is 3.25. The molecule has 0 aromatic carbocycles. The molecule has 0 heterocycles. The van der Waals surface area contributed by atoms with Crippen molar-refractivity contribution in [3.63, 3.8) is 0 Å². The van der Waals surface area contributed by atoms with E-state index in [1.165, 1.54) is 4.90 Å². The Kier molecular flexibility index (Phi) is 6.62. The number of hydrogen-bond donors (Lipinski definition) is 2. The Morgan fingerprint density at radius 1 is 1.21 bits per heavy atom. The number of amides is 2. The topological polar surface area (TPSA) is 81.1 Å². The van der Waals surface area contributed by atoms with E-state index in [1.54, 1.807) is 11.9 Å². The number of unbranched alkanes of at least 4 members (excludes halogenated alkanes) is 2. The molecule has 2 N–H and O–H groups in total. The van der Waals surface area contributed by atoms with Crippen LogP contribution in [0.1, 0.15) is 32.1 Å². The molecule has 1 saturated carbocycles. The normalized spacial score (nSPS) is 14.2. The molecule has 6 nitrogen and oxygen atoms in total. The average Bonchev–Trinajstić information content (AvgIpc) is 3.16. The first-order valence-corrected chi connectivity index (χ1v) is 6.87. The number of aliphatic hydroxyl groups is 1. The summed E-state index contributed by atoms with van der Waals surface area (Å²) in [5, 5.41) is 17.5. The van der Waals surface area contributed by atoms with Crippen LogP contribution in [0.15, 0.2) is 0 Å². The summed E-state index contributed by atoms with van der Waals surface area (Å²) in [7, 11) is 1.70. The molecule has 0 atom stereocenters. The molecule has 0 aromatic heterocycles. The number of rotatable bonds is 9. The van der Waals surface area contributed by atoms with E-state index in [-0.39, 0.29) is 19.2 Å². The number of aliphatic carboxylic acids is 1. The Morgan fingerprint density at radius 2 is 1.89 bits per heavy atom. The highest BCUT2D eigenvalue weighted by atomic mass is 16.4. The average molecular weight is 272 g/mol. The Bertz CT molecular complexity index is 305. The number of carbonyl (C=O) groups excluding carboxylic acids is 1. The lowest BCUT2D eigenvalue weighted by atomic mass is 10.2. The molecule has 1 aliphatic carbocycles. The molecule has 0 bridgehead atoms. The monoisotopic (exact) mass is 272 g/mol. The minimum atomic E-state index is -0.970. The van der Waals surface area contributed by atoms with Crippen LogP contribution in [0.5, 0.6) is 0 Å². The van der Waals surface area contributed by atoms with Crippen molar-refractivity contribution >= 4 is 12.0 Å². The summed E-state index contributed by atoms with van der Waals surface area (Å²) >= 11 is 0. The lowest BCUT2D eigenvalue weighted by Gasteiger charge is -2.27. The molecule has 0 aromatic rings. The van der Waals surface area contributed by atoms with Crippen molar-refractivity contribution in [3.05, 3.63) is 0 Å². The van der Waals surface area contributed by atoms with Crippen LogP contribution in [-0.4, -0.2) is 65.3 Å². The summed E-state index contributed by atoms with van der Waals surface area (Å²) in [6.07, 6.45) is 4.61. The second kappa shape index (κ2) is 7.99. The van der Waals surface area contributed by atoms with Gasteiger partial charge >= 0.3 is 12.0 Å². The van der Waals surface area contributed by atoms with Crippen LogP contribution in [0.25, 0.3) is 0 Å². The minimum Gasteiger partial charge on any atom is -0.480 e. The Labute approximate surface area is 114 Å². The molecule has 110 valence electrons. The molecule has 1 rings (SSSR count). The summed E-state index contributed by atoms with van der Waals surface area (Å²) in [5.74, 6) is -0.492. The maximum Gasteiger partial charge on any atom is 0.323 e. The van der Waals surface area contributed by atoms with Gasteiger partial charge in [0, 0.05) is 26.7 Å². The molecule has 1 fully saturated rings. The minimum absolute atomic E-state index is 0.171. The fraction of sp³-hybridized carbons (Fsp3) is 0.846. The third kappa shape index (κ3) is 6.42. The first kappa shape index (κ1) is 15.8. The van der Waals surface area contributed by atoms with E-state index in [4.69, 9.17) is 10.2 Å². The van der Waals surface area contributed by atoms with Crippen LogP contribution >= 0.6 is 0 Å². The highest BCUT2D eigenvalue weighted by molar-refractivity contribution is 5.80. The summed E-state index contributed by atoms with van der Waals surface area (Å²) < 4.78 is 0. The zero-order valence-electron chi connectivity index (χ0n) is 11.5. The van der Waals surface area contributed by atoms with Gasteiger partial charge in [-0.2, -0.15) is 0 Å². The van der Waals surface area contributed by atoms with Gasteiger partial charge in [-0.05, 0) is 38.0 Å². The maximum absolute atomic E-state index is 12.1. The number of urea groups is 1. The SMILES string of the molecule is CN(CCCCCO)C(=O)N(CC(=O)O)CC1CC1. The van der Waals surface area contributed by atoms with Gasteiger partial charge in [0.1, 0.15) is 6.54 Å². The van der Waals surface area contributed by atoms with Crippen molar-refractivity contribution in [1.29, 1.82) is 0 Å². The van der Waals surface area contributed by atoms with E-state index in [0.717, 1.165) is 32.1 Å². The van der Waals surface area contributed by atoms with Gasteiger partial charge < -0.3 is 20.0 Å². The molecule has 0 radical (unpaired) electrons. The summed E-state index contributed by atoms with van der Waals surface area (Å²) in [6.45, 7) is 1.09. The molecular formula is C13H24N2O4. The summed E-state index contributed by atoms with van der Waals surface area (Å²) in [6, 6.07) is -0.210. The number of carboxylic acid groups (broad SMARTS) is 1. The van der Waals surface area contributed by atoms with Gasteiger partial charge in [-0.25, -0.2) is 4.79 Å². The van der Waals surface area contributed by atoms with E-state index < -0.39 is 5.97 Å². The Balaban J connectivity index is 2.37. The van der Waals surface area contributed by atoms with Gasteiger partial charge in [-0.1, -0.05) is 0 Å². The van der Waals surface area contributed by atoms with E-state index in [1.807, 2.05) is 0 Å². The van der Waals surface area contributed by atoms with Crippen LogP contribution in [-0.2, 0) is 4.79 Å². The first-order valence-electron chi connectivity index (χ1n) is 6.87. The summed E-state index contributed by atoms with van der Waals surface area (Å²) in [4.78, 5) is 25.9. The quantitative estimate of drug-likeness (QED) is 0.613. The van der Waals surface area contributed by atoms with Gasteiger partial charge in [0.05, 0.1) is 0 Å². The van der Waals surface area contributed by atoms with Crippen LogP contribution in [0.2, 0.25) is 0 Å². The van der Waals surface area contributed by atoms with Gasteiger partial charge in [-0.3, -0.25) is 4.79 Å². The maximum atomic E-state index is 12.1. The molecule has 0 saturated heterocycles. The summed E-state index contributed by atoms with van der Waals surface area (Å²) in [5.41, 5.74) is 0. The van der Waals surface area contributed by atoms with Crippen molar-refractivity contribution in [2.45, 2.75) is 32.1 Å². The molecular weight excluding hydrogens is 248 g/mol. The molecule has 0 spiro atoms. The fourth-order valence-electron chi connectivity index (χ4n) is 1.96. The van der Waals surface area contributed by atoms with E-state index in [9.17, 15) is 9.59 Å². The van der Waals surface area contributed by atoms with Crippen LogP contribution in [0.3, 0.4) is 0 Å². The molecule has 0 aliphatic heterocycles. The van der Waals surface area contributed by atoms with E-state index in [2.05, 4.69) is 0 Å². The van der Waals surface area contributed by atoms with Crippen molar-refractivity contribution in [2.75, 3.05) is 33.3 Å². The number of carboxylic acids is 1. The second-order valence-electron chi connectivity index (χ2n) is 5.21. The third-order valence-electron chi connectivity index (χ3n) is 3.25. The lowest BCUT2D eigenvalue weighted by molar-refractivity contribution is -0.137. The first-order chi connectivity index (χ1) is 9.04. The highest BCUT2D eigenvalue weighted by Gasteiger charge is 2.29. The van der Waals surface area contributed by atoms with Crippen molar-refractivity contribution in [2.24, 2.45) is 5.92 Å². The van der Waals surface area contributed by atoms with E-state index >= 15 is 0 Å². The van der Waals surface area contributed by atoms with Gasteiger partial charge in [0.2, 0.25) is 0 Å². The second-order valence-corrected chi connectivity index (χ2v) is 5.21. The number of carbonyl (C=O) groups is 2. The fourth-order valence-corrected chi connectivity index (χ4v) is 1.96. The van der Waals surface area contributed by atoms with Crippen molar-refractivity contribution in [1.82, 2.24) is 9.80 Å². The zero-order chi connectivity index (χ0) is 14.3. The lowest BCUT2D eigenvalue weighted by Crippen LogP contribution is -2.45. The van der Waals surface area contributed by atoms with E-state index in [0.29, 0.717) is 19.0 Å². The standard InChI is InChI=1S/C13H24N2O4/c1-14(7-3-2-4-8-16)13(19)15(10-12(17)18)9-11-5-6-11/h11,16H,2-10H2,1H3,(H,17,18). The Hall–Kier alpha value is -1.30. The molecule has 19 heavy (non-hydrogen) atoms. The molecule has 1 aliphatic rings. The predicted molar refractivity (Wildman–Crippen MR) is 70.9 cm³/mol. The van der Waals surface area contributed by atoms with Crippen LogP contribution < -0.4 is 0 Å². The largest absolute Gasteiger partial charge is 0.480 e. The molecule has 0 unspecified atom stereocenters. The smallest absolute Gasteiger partial charge is 0.323 e. The number of aliphatic hydroxyl groups excluding tert-OH is 1. The molecule has 2 amide bonds. The van der Waals surface area contributed by atoms with Crippen molar-refractivity contribution < 1.29 is 19.8 Å². The predicted octanol–water partition coefficient (Wildman–Crippen LogP) is 0.997.